The van der Waals surface area contributed by atoms with E-state index in [0.29, 0.717) is 23.0 Å². The minimum atomic E-state index is -0.286. The van der Waals surface area contributed by atoms with Crippen molar-refractivity contribution in [2.24, 2.45) is 13.0 Å². The quantitative estimate of drug-likeness (QED) is 0.933. The average Bonchev–Trinajstić information content (AvgIpc) is 2.60. The van der Waals surface area contributed by atoms with E-state index < -0.39 is 0 Å². The molecule has 0 spiro atoms. The molecule has 0 saturated heterocycles. The Bertz CT molecular complexity index is 605. The molecule has 0 saturated carbocycles. The Hall–Kier alpha value is -1.36. The first-order valence-electron chi connectivity index (χ1n) is 6.17. The van der Waals surface area contributed by atoms with Gasteiger partial charge in [0.15, 0.2) is 0 Å². The Kier molecular flexibility index (Phi) is 3.94. The number of nitrogens with two attached hydrogens (primary N) is 1. The van der Waals surface area contributed by atoms with Gasteiger partial charge in [0, 0.05) is 22.6 Å². The molecule has 0 atom stereocenters. The summed E-state index contributed by atoms with van der Waals surface area (Å²) in [5.41, 5.74) is 8.07. The second-order valence-corrected chi connectivity index (χ2v) is 5.97. The zero-order valence-corrected chi connectivity index (χ0v) is 12.8. The number of aromatic nitrogens is 2. The van der Waals surface area contributed by atoms with Gasteiger partial charge in [-0.15, -0.1) is 0 Å². The van der Waals surface area contributed by atoms with E-state index in [-0.39, 0.29) is 5.82 Å². The predicted molar refractivity (Wildman–Crippen MR) is 79.3 cm³/mol. The molecule has 0 unspecified atom stereocenters. The highest BCUT2D eigenvalue weighted by molar-refractivity contribution is 9.10. The smallest absolute Gasteiger partial charge is 0.132 e. The van der Waals surface area contributed by atoms with Crippen molar-refractivity contribution < 1.29 is 4.39 Å². The van der Waals surface area contributed by atoms with E-state index in [1.54, 1.807) is 23.9 Å². The molecule has 2 N–H and O–H groups in total. The second-order valence-electron chi connectivity index (χ2n) is 5.06. The largest absolute Gasteiger partial charge is 0.384 e. The summed E-state index contributed by atoms with van der Waals surface area (Å²) in [5.74, 6) is 0.745. The van der Waals surface area contributed by atoms with Gasteiger partial charge < -0.3 is 5.73 Å². The van der Waals surface area contributed by atoms with Gasteiger partial charge in [-0.3, -0.25) is 4.68 Å². The van der Waals surface area contributed by atoms with Crippen molar-refractivity contribution in [2.75, 3.05) is 5.73 Å². The van der Waals surface area contributed by atoms with Gasteiger partial charge in [-0.1, -0.05) is 29.8 Å². The Morgan fingerprint density at radius 2 is 2.11 bits per heavy atom. The molecular weight excluding hydrogens is 309 g/mol. The Balaban J connectivity index is 2.61. The third kappa shape index (κ3) is 2.81. The van der Waals surface area contributed by atoms with E-state index in [4.69, 9.17) is 5.73 Å². The van der Waals surface area contributed by atoms with Crippen molar-refractivity contribution >= 4 is 21.7 Å². The van der Waals surface area contributed by atoms with Gasteiger partial charge >= 0.3 is 0 Å². The maximum Gasteiger partial charge on any atom is 0.132 e. The third-order valence-electron chi connectivity index (χ3n) is 2.99. The zero-order chi connectivity index (χ0) is 14.2. The predicted octanol–water partition coefficient (Wildman–Crippen LogP) is 3.77. The molecule has 1 heterocycles. The van der Waals surface area contributed by atoms with Gasteiger partial charge in [0.25, 0.3) is 0 Å². The minimum Gasteiger partial charge on any atom is -0.384 e. The number of nitrogen functional groups attached to an aromatic ring is 1. The van der Waals surface area contributed by atoms with E-state index in [1.165, 1.54) is 6.07 Å². The third-order valence-corrected chi connectivity index (χ3v) is 3.48. The van der Waals surface area contributed by atoms with E-state index in [2.05, 4.69) is 34.9 Å². The highest BCUT2D eigenvalue weighted by Gasteiger charge is 2.19. The number of hydrogen-bond acceptors (Lipinski definition) is 2. The normalized spacial score (nSPS) is 11.3. The molecule has 19 heavy (non-hydrogen) atoms. The number of halogens is 2. The number of anilines is 1. The summed E-state index contributed by atoms with van der Waals surface area (Å²) in [6, 6.07) is 4.84. The molecule has 0 aliphatic carbocycles. The summed E-state index contributed by atoms with van der Waals surface area (Å²) in [6.07, 6.45) is 0.779. The van der Waals surface area contributed by atoms with Gasteiger partial charge in [0.2, 0.25) is 0 Å². The summed E-state index contributed by atoms with van der Waals surface area (Å²) < 4.78 is 16.4. The Labute approximate surface area is 120 Å². The maximum atomic E-state index is 14.0. The molecule has 1 aromatic carbocycles. The number of rotatable bonds is 3. The van der Waals surface area contributed by atoms with Crippen LogP contribution in [0.25, 0.3) is 11.3 Å². The average molecular weight is 326 g/mol. The van der Waals surface area contributed by atoms with Crippen LogP contribution in [0, 0.1) is 11.7 Å². The molecule has 102 valence electrons. The van der Waals surface area contributed by atoms with Crippen LogP contribution in [0.2, 0.25) is 0 Å². The summed E-state index contributed by atoms with van der Waals surface area (Å²) in [4.78, 5) is 0. The number of aryl methyl sites for hydroxylation is 1. The number of benzene rings is 1. The van der Waals surface area contributed by atoms with E-state index in [9.17, 15) is 4.39 Å². The molecule has 5 heteroatoms. The molecule has 0 bridgehead atoms. The molecular formula is C14H17BrFN3. The first kappa shape index (κ1) is 14.1. The lowest BCUT2D eigenvalue weighted by Gasteiger charge is -2.08. The van der Waals surface area contributed by atoms with Crippen LogP contribution < -0.4 is 5.73 Å². The minimum absolute atomic E-state index is 0.286. The van der Waals surface area contributed by atoms with Crippen LogP contribution in [-0.4, -0.2) is 9.78 Å². The molecule has 0 radical (unpaired) electrons. The summed E-state index contributed by atoms with van der Waals surface area (Å²) in [5, 5.41) is 4.37. The number of nitrogens with zero attached hydrogens (tertiary/aromatic N) is 2. The fourth-order valence-electron chi connectivity index (χ4n) is 2.09. The zero-order valence-electron chi connectivity index (χ0n) is 11.2. The van der Waals surface area contributed by atoms with E-state index >= 15 is 0 Å². The van der Waals surface area contributed by atoms with Crippen LogP contribution in [0.15, 0.2) is 22.7 Å². The van der Waals surface area contributed by atoms with E-state index in [1.807, 2.05) is 0 Å². The maximum absolute atomic E-state index is 14.0. The molecule has 2 rings (SSSR count). The van der Waals surface area contributed by atoms with Crippen LogP contribution in [0.4, 0.5) is 10.2 Å². The monoisotopic (exact) mass is 325 g/mol. The standard InChI is InChI=1S/C14H17BrFN3/c1-8(2)6-11-13(18-19(3)14(11)17)10-7-9(15)4-5-12(10)16/h4-5,7-8H,6,17H2,1-3H3. The molecule has 2 aromatic rings. The van der Waals surface area contributed by atoms with E-state index in [0.717, 1.165) is 16.5 Å². The van der Waals surface area contributed by atoms with Crippen LogP contribution >= 0.6 is 15.9 Å². The first-order chi connectivity index (χ1) is 8.90. The summed E-state index contributed by atoms with van der Waals surface area (Å²) in [7, 11) is 1.78. The lowest BCUT2D eigenvalue weighted by atomic mass is 9.99. The SMILES string of the molecule is CC(C)Cc1c(-c2cc(Br)ccc2F)nn(C)c1N. The molecule has 0 aliphatic heterocycles. The highest BCUT2D eigenvalue weighted by Crippen LogP contribution is 2.32. The Morgan fingerprint density at radius 1 is 1.42 bits per heavy atom. The topological polar surface area (TPSA) is 43.8 Å². The number of hydrogen-bond donors (Lipinski definition) is 1. The summed E-state index contributed by atoms with van der Waals surface area (Å²) >= 11 is 3.36. The van der Waals surface area contributed by atoms with Gasteiger partial charge in [-0.2, -0.15) is 5.10 Å². The van der Waals surface area contributed by atoms with Crippen molar-refractivity contribution in [1.29, 1.82) is 0 Å². The highest BCUT2D eigenvalue weighted by atomic mass is 79.9. The lowest BCUT2D eigenvalue weighted by Crippen LogP contribution is -2.02. The van der Waals surface area contributed by atoms with Crippen molar-refractivity contribution in [3.63, 3.8) is 0 Å². The molecule has 0 fully saturated rings. The van der Waals surface area contributed by atoms with Crippen molar-refractivity contribution in [2.45, 2.75) is 20.3 Å². The molecule has 3 nitrogen and oxygen atoms in total. The van der Waals surface area contributed by atoms with Crippen molar-refractivity contribution in [3.05, 3.63) is 34.1 Å². The fourth-order valence-corrected chi connectivity index (χ4v) is 2.45. The van der Waals surface area contributed by atoms with Crippen LogP contribution in [-0.2, 0) is 13.5 Å². The van der Waals surface area contributed by atoms with Crippen LogP contribution in [0.1, 0.15) is 19.4 Å². The molecule has 1 aromatic heterocycles. The second kappa shape index (κ2) is 5.33. The van der Waals surface area contributed by atoms with Crippen molar-refractivity contribution in [1.82, 2.24) is 9.78 Å². The lowest BCUT2D eigenvalue weighted by molar-refractivity contribution is 0.627. The van der Waals surface area contributed by atoms with Gasteiger partial charge in [-0.05, 0) is 30.5 Å². The Morgan fingerprint density at radius 3 is 2.74 bits per heavy atom. The van der Waals surface area contributed by atoms with Crippen LogP contribution in [0.3, 0.4) is 0 Å². The van der Waals surface area contributed by atoms with Gasteiger partial charge in [0.1, 0.15) is 17.3 Å². The molecule has 0 amide bonds. The van der Waals surface area contributed by atoms with Crippen LogP contribution in [0.5, 0.6) is 0 Å². The summed E-state index contributed by atoms with van der Waals surface area (Å²) in [6.45, 7) is 4.21. The fraction of sp³-hybridized carbons (Fsp3) is 0.357. The first-order valence-corrected chi connectivity index (χ1v) is 6.96. The molecule has 0 aliphatic rings. The van der Waals surface area contributed by atoms with Gasteiger partial charge in [-0.25, -0.2) is 4.39 Å². The van der Waals surface area contributed by atoms with Gasteiger partial charge in [0.05, 0.1) is 0 Å². The van der Waals surface area contributed by atoms with Crippen molar-refractivity contribution in [3.8, 4) is 11.3 Å².